The molecule has 3 rings (SSSR count). The number of halogens is 3. The van der Waals surface area contributed by atoms with Crippen LogP contribution in [-0.2, 0) is 11.3 Å². The molecular formula is C16H12ClF2NOS. The maximum atomic E-state index is 13.8. The van der Waals surface area contributed by atoms with Gasteiger partial charge in [0.15, 0.2) is 0 Å². The lowest BCUT2D eigenvalue weighted by Crippen LogP contribution is -2.28. The predicted octanol–water partition coefficient (Wildman–Crippen LogP) is 4.39. The first kappa shape index (κ1) is 15.3. The van der Waals surface area contributed by atoms with E-state index in [4.69, 9.17) is 11.6 Å². The zero-order valence-corrected chi connectivity index (χ0v) is 13.0. The molecule has 1 saturated heterocycles. The molecule has 2 aromatic rings. The van der Waals surface area contributed by atoms with E-state index in [2.05, 4.69) is 0 Å². The first-order chi connectivity index (χ1) is 10.6. The molecule has 6 heteroatoms. The van der Waals surface area contributed by atoms with Crippen LogP contribution in [0.4, 0.5) is 8.78 Å². The van der Waals surface area contributed by atoms with Crippen molar-refractivity contribution in [2.75, 3.05) is 5.75 Å². The fraction of sp³-hybridized carbons (Fsp3) is 0.188. The molecular weight excluding hydrogens is 328 g/mol. The number of hydrogen-bond donors (Lipinski definition) is 0. The number of hydrogen-bond acceptors (Lipinski definition) is 2. The SMILES string of the molecule is O=C1CSC(c2ccccc2Cl)N1Cc1cc(F)ccc1F. The average Bonchev–Trinajstić information content (AvgIpc) is 2.85. The van der Waals surface area contributed by atoms with Gasteiger partial charge in [-0.3, -0.25) is 4.79 Å². The third kappa shape index (κ3) is 2.96. The molecule has 1 unspecified atom stereocenters. The van der Waals surface area contributed by atoms with E-state index >= 15 is 0 Å². The van der Waals surface area contributed by atoms with Gasteiger partial charge in [-0.1, -0.05) is 29.8 Å². The lowest BCUT2D eigenvalue weighted by molar-refractivity contribution is -0.128. The van der Waals surface area contributed by atoms with Crippen molar-refractivity contribution in [1.29, 1.82) is 0 Å². The van der Waals surface area contributed by atoms with Crippen molar-refractivity contribution in [3.8, 4) is 0 Å². The Hall–Kier alpha value is -1.59. The molecule has 0 N–H and O–H groups in total. The van der Waals surface area contributed by atoms with Gasteiger partial charge in [0.25, 0.3) is 0 Å². The van der Waals surface area contributed by atoms with E-state index in [1.165, 1.54) is 16.7 Å². The van der Waals surface area contributed by atoms with Gasteiger partial charge in [-0.2, -0.15) is 0 Å². The van der Waals surface area contributed by atoms with Crippen molar-refractivity contribution in [3.63, 3.8) is 0 Å². The van der Waals surface area contributed by atoms with Gasteiger partial charge in [0.1, 0.15) is 17.0 Å². The summed E-state index contributed by atoms with van der Waals surface area (Å²) >= 11 is 7.62. The predicted molar refractivity (Wildman–Crippen MR) is 83.6 cm³/mol. The summed E-state index contributed by atoms with van der Waals surface area (Å²) in [6, 6.07) is 10.5. The maximum absolute atomic E-state index is 13.8. The lowest BCUT2D eigenvalue weighted by Gasteiger charge is -2.25. The zero-order chi connectivity index (χ0) is 15.7. The normalized spacial score (nSPS) is 18.0. The second kappa shape index (κ2) is 6.26. The molecule has 2 aromatic carbocycles. The molecule has 0 aromatic heterocycles. The molecule has 1 heterocycles. The molecule has 1 fully saturated rings. The summed E-state index contributed by atoms with van der Waals surface area (Å²) in [6.07, 6.45) is 0. The third-order valence-corrected chi connectivity index (χ3v) is 5.07. The van der Waals surface area contributed by atoms with Gasteiger partial charge in [-0.15, -0.1) is 11.8 Å². The van der Waals surface area contributed by atoms with Crippen LogP contribution < -0.4 is 0 Å². The van der Waals surface area contributed by atoms with E-state index in [1.54, 1.807) is 6.07 Å². The maximum Gasteiger partial charge on any atom is 0.234 e. The Morgan fingerprint density at radius 3 is 2.77 bits per heavy atom. The van der Waals surface area contributed by atoms with Crippen LogP contribution in [0.25, 0.3) is 0 Å². The van der Waals surface area contributed by atoms with E-state index in [1.807, 2.05) is 18.2 Å². The second-order valence-electron chi connectivity index (χ2n) is 4.94. The summed E-state index contributed by atoms with van der Waals surface area (Å²) in [5, 5.41) is 0.267. The summed E-state index contributed by atoms with van der Waals surface area (Å²) < 4.78 is 27.1. The lowest BCUT2D eigenvalue weighted by atomic mass is 10.1. The molecule has 2 nitrogen and oxygen atoms in total. The van der Waals surface area contributed by atoms with Crippen molar-refractivity contribution in [2.45, 2.75) is 11.9 Å². The number of amides is 1. The standard InChI is InChI=1S/C16H12ClF2NOS/c17-13-4-2-1-3-12(13)16-20(15(21)9-22-16)8-10-7-11(18)5-6-14(10)19/h1-7,16H,8-9H2. The van der Waals surface area contributed by atoms with Gasteiger partial charge in [0.2, 0.25) is 5.91 Å². The van der Waals surface area contributed by atoms with Crippen molar-refractivity contribution >= 4 is 29.3 Å². The Kier molecular flexibility index (Phi) is 4.36. The highest BCUT2D eigenvalue weighted by atomic mass is 35.5. The molecule has 0 bridgehead atoms. The molecule has 1 atom stereocenters. The van der Waals surface area contributed by atoms with E-state index in [9.17, 15) is 13.6 Å². The fourth-order valence-corrected chi connectivity index (χ4v) is 3.93. The number of benzene rings is 2. The molecule has 1 amide bonds. The molecule has 1 aliphatic rings. The van der Waals surface area contributed by atoms with Gasteiger partial charge < -0.3 is 4.90 Å². The van der Waals surface area contributed by atoms with Crippen LogP contribution in [0.1, 0.15) is 16.5 Å². The van der Waals surface area contributed by atoms with Crippen molar-refractivity contribution < 1.29 is 13.6 Å². The molecule has 0 radical (unpaired) electrons. The number of thioether (sulfide) groups is 1. The first-order valence-electron chi connectivity index (χ1n) is 6.65. The molecule has 0 aliphatic carbocycles. The minimum Gasteiger partial charge on any atom is -0.321 e. The molecule has 0 saturated carbocycles. The molecule has 22 heavy (non-hydrogen) atoms. The van der Waals surface area contributed by atoms with Crippen molar-refractivity contribution in [1.82, 2.24) is 4.90 Å². The highest BCUT2D eigenvalue weighted by Crippen LogP contribution is 2.42. The first-order valence-corrected chi connectivity index (χ1v) is 8.08. The Bertz CT molecular complexity index is 725. The molecule has 114 valence electrons. The second-order valence-corrected chi connectivity index (χ2v) is 6.42. The van der Waals surface area contributed by atoms with Gasteiger partial charge in [0, 0.05) is 16.1 Å². The Morgan fingerprint density at radius 1 is 1.23 bits per heavy atom. The van der Waals surface area contributed by atoms with E-state index in [0.29, 0.717) is 10.8 Å². The van der Waals surface area contributed by atoms with Crippen LogP contribution in [-0.4, -0.2) is 16.6 Å². The summed E-state index contributed by atoms with van der Waals surface area (Å²) in [5.74, 6) is -0.861. The van der Waals surface area contributed by atoms with Crippen LogP contribution in [0.2, 0.25) is 5.02 Å². The topological polar surface area (TPSA) is 20.3 Å². The van der Waals surface area contributed by atoms with E-state index < -0.39 is 11.6 Å². The smallest absolute Gasteiger partial charge is 0.234 e. The molecule has 0 spiro atoms. The fourth-order valence-electron chi connectivity index (χ4n) is 2.41. The summed E-state index contributed by atoms with van der Waals surface area (Å²) in [4.78, 5) is 13.6. The van der Waals surface area contributed by atoms with Crippen LogP contribution in [0.15, 0.2) is 42.5 Å². The van der Waals surface area contributed by atoms with Crippen LogP contribution in [0.5, 0.6) is 0 Å². The number of rotatable bonds is 3. The third-order valence-electron chi connectivity index (χ3n) is 3.49. The minimum atomic E-state index is -0.524. The highest BCUT2D eigenvalue weighted by molar-refractivity contribution is 8.00. The van der Waals surface area contributed by atoms with Gasteiger partial charge in [-0.05, 0) is 24.3 Å². The Morgan fingerprint density at radius 2 is 2.00 bits per heavy atom. The quantitative estimate of drug-likeness (QED) is 0.826. The van der Waals surface area contributed by atoms with Gasteiger partial charge in [-0.25, -0.2) is 8.78 Å². The van der Waals surface area contributed by atoms with Crippen LogP contribution >= 0.6 is 23.4 Å². The van der Waals surface area contributed by atoms with Crippen LogP contribution in [0, 0.1) is 11.6 Å². The van der Waals surface area contributed by atoms with Crippen LogP contribution in [0.3, 0.4) is 0 Å². The van der Waals surface area contributed by atoms with Crippen molar-refractivity contribution in [2.24, 2.45) is 0 Å². The van der Waals surface area contributed by atoms with Gasteiger partial charge >= 0.3 is 0 Å². The zero-order valence-electron chi connectivity index (χ0n) is 11.4. The highest BCUT2D eigenvalue weighted by Gasteiger charge is 2.34. The van der Waals surface area contributed by atoms with Gasteiger partial charge in [0.05, 0.1) is 12.3 Å². The van der Waals surface area contributed by atoms with Crippen molar-refractivity contribution in [3.05, 3.63) is 70.2 Å². The summed E-state index contributed by atoms with van der Waals surface area (Å²) in [5.41, 5.74) is 0.963. The average molecular weight is 340 g/mol. The monoisotopic (exact) mass is 339 g/mol. The Labute approximate surface area is 136 Å². The number of carbonyl (C=O) groups excluding carboxylic acids is 1. The number of nitrogens with zero attached hydrogens (tertiary/aromatic N) is 1. The summed E-state index contributed by atoms with van der Waals surface area (Å²) in [6.45, 7) is 0.0192. The van der Waals surface area contributed by atoms with E-state index in [-0.39, 0.29) is 23.4 Å². The largest absolute Gasteiger partial charge is 0.321 e. The summed E-state index contributed by atoms with van der Waals surface area (Å²) in [7, 11) is 0. The minimum absolute atomic E-state index is 0.0192. The van der Waals surface area contributed by atoms with E-state index in [0.717, 1.165) is 23.8 Å². The molecule has 1 aliphatic heterocycles. The Balaban J connectivity index is 1.92. The number of carbonyl (C=O) groups is 1.